The number of aldehydes is 1. The van der Waals surface area contributed by atoms with E-state index in [0.29, 0.717) is 28.8 Å². The number of halogens is 1. The predicted molar refractivity (Wildman–Crippen MR) is 124 cm³/mol. The molecule has 30 heavy (non-hydrogen) atoms. The van der Waals surface area contributed by atoms with E-state index in [9.17, 15) is 14.7 Å². The normalized spacial score (nSPS) is 30.7. The van der Waals surface area contributed by atoms with E-state index >= 15 is 0 Å². The third-order valence-electron chi connectivity index (χ3n) is 6.32. The lowest BCUT2D eigenvalue weighted by molar-refractivity contribution is -0.154. The predicted octanol–water partition coefficient (Wildman–Crippen LogP) is 5.04. The van der Waals surface area contributed by atoms with E-state index < -0.39 is 16.9 Å². The molecule has 1 aromatic carbocycles. The Bertz CT molecular complexity index is 743. The van der Waals surface area contributed by atoms with Gasteiger partial charge in [0.2, 0.25) is 0 Å². The van der Waals surface area contributed by atoms with E-state index in [0.717, 1.165) is 24.0 Å². The highest BCUT2D eigenvalue weighted by atomic mass is 35.5. The fourth-order valence-electron chi connectivity index (χ4n) is 4.92. The van der Waals surface area contributed by atoms with Gasteiger partial charge >= 0.3 is 5.97 Å². The molecule has 0 radical (unpaired) electrons. The molecule has 0 heterocycles. The molecule has 1 aromatic rings. The number of hydrogen-bond acceptors (Lipinski definition) is 5. The second-order valence-corrected chi connectivity index (χ2v) is 10.9. The Morgan fingerprint density at radius 2 is 1.97 bits per heavy atom. The van der Waals surface area contributed by atoms with E-state index in [1.165, 1.54) is 24.8 Å². The number of carboxylic acid groups (broad SMARTS) is 1. The third kappa shape index (κ3) is 6.46. The monoisotopic (exact) mass is 454 g/mol. The van der Waals surface area contributed by atoms with Gasteiger partial charge in [-0.2, -0.15) is 0 Å². The number of rotatable bonds is 6. The molecule has 3 rings (SSSR count). The molecule has 2 bridgehead atoms. The summed E-state index contributed by atoms with van der Waals surface area (Å²) < 4.78 is 3.03. The van der Waals surface area contributed by atoms with Gasteiger partial charge in [0, 0.05) is 10.9 Å². The Kier molecular flexibility index (Phi) is 8.80. The van der Waals surface area contributed by atoms with Crippen LogP contribution in [0.2, 0.25) is 5.02 Å². The number of nitrogens with one attached hydrogen (secondary N) is 2. The number of carbonyl (C=O) groups excluding carboxylic acids is 1. The number of benzene rings is 1. The lowest BCUT2D eigenvalue weighted by atomic mass is 9.58. The van der Waals surface area contributed by atoms with Gasteiger partial charge in [-0.25, -0.2) is 4.72 Å². The van der Waals surface area contributed by atoms with Crippen molar-refractivity contribution in [1.82, 2.24) is 10.0 Å². The molecule has 0 aliphatic heterocycles. The highest BCUT2D eigenvalue weighted by Gasteiger charge is 2.48. The largest absolute Gasteiger partial charge is 0.481 e. The first kappa shape index (κ1) is 25.2. The SMILES string of the molecule is CC(C)(C=O)NSc1ccccc1Cl.CNC1C(C)CC2CC1CC(C)(C(=O)O)C2. The highest BCUT2D eigenvalue weighted by molar-refractivity contribution is 7.97. The Morgan fingerprint density at radius 3 is 2.53 bits per heavy atom. The van der Waals surface area contributed by atoms with Crippen molar-refractivity contribution in [2.45, 2.75) is 69.9 Å². The summed E-state index contributed by atoms with van der Waals surface area (Å²) in [5.74, 6) is 1.26. The number of aliphatic carboxylic acids is 1. The molecule has 2 aliphatic rings. The fraction of sp³-hybridized carbons (Fsp3) is 0.652. The van der Waals surface area contributed by atoms with Gasteiger partial charge in [-0.05, 0) is 95.3 Å². The average Bonchev–Trinajstić information content (AvgIpc) is 2.67. The Balaban J connectivity index is 0.000000216. The number of fused-ring (bicyclic) bond motifs is 2. The summed E-state index contributed by atoms with van der Waals surface area (Å²) in [5, 5.41) is 13.4. The lowest BCUT2D eigenvalue weighted by Gasteiger charge is -2.49. The van der Waals surface area contributed by atoms with Gasteiger partial charge in [0.05, 0.1) is 16.0 Å². The van der Waals surface area contributed by atoms with Crippen LogP contribution >= 0.6 is 23.5 Å². The maximum Gasteiger partial charge on any atom is 0.309 e. The van der Waals surface area contributed by atoms with Crippen molar-refractivity contribution in [1.29, 1.82) is 0 Å². The molecule has 0 saturated heterocycles. The van der Waals surface area contributed by atoms with E-state index in [4.69, 9.17) is 11.6 Å². The summed E-state index contributed by atoms with van der Waals surface area (Å²) in [5.41, 5.74) is -1.02. The number of carboxylic acids is 1. The summed E-state index contributed by atoms with van der Waals surface area (Å²) in [6.45, 7) is 7.84. The Hall–Kier alpha value is -1.08. The minimum atomic E-state index is -0.605. The van der Waals surface area contributed by atoms with Crippen molar-refractivity contribution in [2.24, 2.45) is 23.2 Å². The zero-order chi connectivity index (χ0) is 22.5. The average molecular weight is 455 g/mol. The number of carbonyl (C=O) groups is 2. The van der Waals surface area contributed by atoms with Crippen LogP contribution < -0.4 is 10.0 Å². The van der Waals surface area contributed by atoms with Gasteiger partial charge in [-0.15, -0.1) is 0 Å². The van der Waals surface area contributed by atoms with Crippen LogP contribution in [0.25, 0.3) is 0 Å². The minimum absolute atomic E-state index is 0.483. The van der Waals surface area contributed by atoms with Crippen LogP contribution in [0.15, 0.2) is 29.2 Å². The first-order valence-corrected chi connectivity index (χ1v) is 11.8. The highest BCUT2D eigenvalue weighted by Crippen LogP contribution is 2.50. The second-order valence-electron chi connectivity index (χ2n) is 9.64. The molecule has 2 fully saturated rings. The fourth-order valence-corrected chi connectivity index (χ4v) is 5.90. The van der Waals surface area contributed by atoms with Crippen LogP contribution in [0.4, 0.5) is 0 Å². The van der Waals surface area contributed by atoms with E-state index in [-0.39, 0.29) is 0 Å². The van der Waals surface area contributed by atoms with Gasteiger partial charge in [0.15, 0.2) is 0 Å². The summed E-state index contributed by atoms with van der Waals surface area (Å²) in [6, 6.07) is 8.01. The Morgan fingerprint density at radius 1 is 1.30 bits per heavy atom. The van der Waals surface area contributed by atoms with E-state index in [2.05, 4.69) is 17.0 Å². The quantitative estimate of drug-likeness (QED) is 0.413. The molecular formula is C23H35ClN2O3S. The van der Waals surface area contributed by atoms with Crippen molar-refractivity contribution >= 4 is 35.8 Å². The summed E-state index contributed by atoms with van der Waals surface area (Å²) in [6.07, 6.45) is 4.99. The van der Waals surface area contributed by atoms with Crippen LogP contribution in [0.1, 0.15) is 53.4 Å². The molecule has 5 unspecified atom stereocenters. The molecule has 5 nitrogen and oxygen atoms in total. The van der Waals surface area contributed by atoms with Crippen molar-refractivity contribution in [3.63, 3.8) is 0 Å². The van der Waals surface area contributed by atoms with Crippen LogP contribution in [0.3, 0.4) is 0 Å². The Labute approximate surface area is 189 Å². The topological polar surface area (TPSA) is 78.4 Å². The van der Waals surface area contributed by atoms with Crippen molar-refractivity contribution in [3.05, 3.63) is 29.3 Å². The molecule has 2 aliphatic carbocycles. The molecular weight excluding hydrogens is 420 g/mol. The van der Waals surface area contributed by atoms with Crippen LogP contribution in [-0.4, -0.2) is 36.0 Å². The standard InChI is InChI=1S/C13H23NO2.C10H12ClNOS/c1-8-4-9-5-10(11(8)14-3)7-13(2,6-9)12(15)16;1-10(2,7-13)12-14-9-6-4-3-5-8(9)11/h8-11,14H,4-7H2,1-3H3,(H,15,16);3-7,12H,1-2H3. The third-order valence-corrected chi connectivity index (χ3v) is 7.96. The smallest absolute Gasteiger partial charge is 0.309 e. The maximum absolute atomic E-state index is 11.4. The molecule has 5 atom stereocenters. The molecule has 2 saturated carbocycles. The second kappa shape index (κ2) is 10.5. The van der Waals surface area contributed by atoms with Crippen molar-refractivity contribution in [3.8, 4) is 0 Å². The molecule has 0 aromatic heterocycles. The molecule has 168 valence electrons. The lowest BCUT2D eigenvalue weighted by Crippen LogP contribution is -2.51. The van der Waals surface area contributed by atoms with E-state index in [1.54, 1.807) is 0 Å². The summed E-state index contributed by atoms with van der Waals surface area (Å²) in [7, 11) is 2.01. The number of hydrogen-bond donors (Lipinski definition) is 3. The van der Waals surface area contributed by atoms with Crippen molar-refractivity contribution in [2.75, 3.05) is 7.05 Å². The van der Waals surface area contributed by atoms with Gasteiger partial charge in [-0.1, -0.05) is 30.7 Å². The summed E-state index contributed by atoms with van der Waals surface area (Å²) >= 11 is 7.31. The van der Waals surface area contributed by atoms with Gasteiger partial charge in [-0.3, -0.25) is 4.79 Å². The molecule has 3 N–H and O–H groups in total. The zero-order valence-corrected chi connectivity index (χ0v) is 20.1. The van der Waals surface area contributed by atoms with E-state index in [1.807, 2.05) is 52.1 Å². The first-order chi connectivity index (χ1) is 14.0. The maximum atomic E-state index is 11.4. The zero-order valence-electron chi connectivity index (χ0n) is 18.6. The molecule has 0 amide bonds. The molecule has 7 heteroatoms. The molecule has 0 spiro atoms. The first-order valence-electron chi connectivity index (χ1n) is 10.6. The van der Waals surface area contributed by atoms with Crippen LogP contribution in [-0.2, 0) is 9.59 Å². The summed E-state index contributed by atoms with van der Waals surface area (Å²) in [4.78, 5) is 22.9. The van der Waals surface area contributed by atoms with Gasteiger partial charge < -0.3 is 15.2 Å². The minimum Gasteiger partial charge on any atom is -0.481 e. The van der Waals surface area contributed by atoms with Crippen LogP contribution in [0.5, 0.6) is 0 Å². The van der Waals surface area contributed by atoms with Crippen LogP contribution in [0, 0.1) is 23.2 Å². The van der Waals surface area contributed by atoms with Gasteiger partial charge in [0.25, 0.3) is 0 Å². The van der Waals surface area contributed by atoms with Gasteiger partial charge in [0.1, 0.15) is 6.29 Å². The van der Waals surface area contributed by atoms with Crippen molar-refractivity contribution < 1.29 is 14.7 Å².